The number of rotatable bonds is 4. The molecule has 1 aliphatic rings. The summed E-state index contributed by atoms with van der Waals surface area (Å²) in [5.41, 5.74) is 6.07. The molecule has 0 amide bonds. The third-order valence-corrected chi connectivity index (χ3v) is 9.29. The van der Waals surface area contributed by atoms with Crippen LogP contribution in [-0.2, 0) is 25.6 Å². The van der Waals surface area contributed by atoms with E-state index in [-0.39, 0.29) is 21.1 Å². The van der Waals surface area contributed by atoms with Crippen molar-refractivity contribution < 1.29 is 30.4 Å². The molecule has 0 fully saturated rings. The van der Waals surface area contributed by atoms with E-state index in [1.54, 1.807) is 12.3 Å². The van der Waals surface area contributed by atoms with Crippen LogP contribution in [0.2, 0.25) is 0 Å². The topological polar surface area (TPSA) is 52.1 Å². The maximum atomic E-state index is 14.9. The molecule has 1 aliphatic heterocycles. The molecule has 3 aromatic carbocycles. The molecule has 6 rings (SSSR count). The van der Waals surface area contributed by atoms with E-state index in [2.05, 4.69) is 17.1 Å². The summed E-state index contributed by atoms with van der Waals surface area (Å²) in [6, 6.07) is 33.8. The van der Waals surface area contributed by atoms with Gasteiger partial charge < -0.3 is 9.30 Å². The molecule has 0 radical (unpaired) electrons. The van der Waals surface area contributed by atoms with Crippen molar-refractivity contribution in [3.8, 4) is 33.9 Å². The van der Waals surface area contributed by atoms with Gasteiger partial charge in [0, 0.05) is 29.0 Å². The van der Waals surface area contributed by atoms with E-state index < -0.39 is 7.14 Å². The number of pyridine rings is 2. The van der Waals surface area contributed by atoms with Crippen LogP contribution in [0, 0.1) is 26.0 Å². The van der Waals surface area contributed by atoms with Gasteiger partial charge in [0.05, 0.1) is 0 Å². The minimum absolute atomic E-state index is 0. The Labute approximate surface area is 225 Å². The minimum atomic E-state index is -3.18. The zero-order valence-corrected chi connectivity index (χ0v) is 22.8. The second-order valence-electron chi connectivity index (χ2n) is 8.53. The average molecular weight is 668 g/mol. The second-order valence-corrected chi connectivity index (χ2v) is 11.1. The molecular weight excluding hydrogens is 646 g/mol. The largest absolute Gasteiger partial charge is 2.00 e. The van der Waals surface area contributed by atoms with Crippen molar-refractivity contribution in [2.45, 2.75) is 13.8 Å². The molecule has 0 saturated heterocycles. The van der Waals surface area contributed by atoms with Gasteiger partial charge >= 0.3 is 21.1 Å². The molecular formula is C30H21N2O2PPt. The monoisotopic (exact) mass is 667 g/mol. The van der Waals surface area contributed by atoms with Gasteiger partial charge in [-0.25, -0.2) is 21.1 Å². The van der Waals surface area contributed by atoms with Crippen LogP contribution in [0.5, 0.6) is 11.6 Å². The van der Waals surface area contributed by atoms with Crippen molar-refractivity contribution in [3.05, 3.63) is 115 Å². The normalized spacial score (nSPS) is 15.5. The van der Waals surface area contributed by atoms with Crippen molar-refractivity contribution in [2.24, 2.45) is 0 Å². The second kappa shape index (κ2) is 9.62. The zero-order chi connectivity index (χ0) is 24.0. The zero-order valence-electron chi connectivity index (χ0n) is 19.6. The summed E-state index contributed by atoms with van der Waals surface area (Å²) in [4.78, 5) is 8.99. The van der Waals surface area contributed by atoms with Crippen molar-refractivity contribution >= 4 is 23.2 Å². The smallest absolute Gasteiger partial charge is 0.460 e. The number of nitrogens with zero attached hydrogens (tertiary/aromatic N) is 2. The van der Waals surface area contributed by atoms with E-state index in [1.807, 2.05) is 92.7 Å². The number of hydrogen-bond donors (Lipinski definition) is 0. The first-order chi connectivity index (χ1) is 17.0. The Balaban J connectivity index is 0.00000267. The molecule has 0 saturated carbocycles. The Hall–Kier alpha value is -3.32. The molecule has 0 bridgehead atoms. The van der Waals surface area contributed by atoms with Gasteiger partial charge in [0.25, 0.3) is 0 Å². The fraction of sp³-hybridized carbons (Fsp3) is 0.0667. The van der Waals surface area contributed by atoms with E-state index in [0.29, 0.717) is 22.4 Å². The van der Waals surface area contributed by atoms with Crippen LogP contribution >= 0.6 is 7.14 Å². The van der Waals surface area contributed by atoms with Crippen molar-refractivity contribution in [3.63, 3.8) is 0 Å². The van der Waals surface area contributed by atoms with Crippen LogP contribution in [0.4, 0.5) is 0 Å². The van der Waals surface area contributed by atoms with Crippen LogP contribution in [0.1, 0.15) is 11.3 Å². The average Bonchev–Trinajstić information content (AvgIpc) is 3.15. The van der Waals surface area contributed by atoms with Crippen LogP contribution < -0.4 is 20.8 Å². The molecule has 36 heavy (non-hydrogen) atoms. The third kappa shape index (κ3) is 4.05. The number of ether oxygens (including phenoxy) is 1. The van der Waals surface area contributed by atoms with Gasteiger partial charge in [0.2, 0.25) is 5.88 Å². The Morgan fingerprint density at radius 3 is 2.39 bits per heavy atom. The van der Waals surface area contributed by atoms with Crippen LogP contribution in [0.15, 0.2) is 91.1 Å². The first-order valence-corrected chi connectivity index (χ1v) is 13.1. The molecule has 2 aromatic heterocycles. The summed E-state index contributed by atoms with van der Waals surface area (Å²) in [6.07, 6.45) is 1.68. The summed E-state index contributed by atoms with van der Waals surface area (Å²) in [6.45, 7) is 3.97. The Morgan fingerprint density at radius 1 is 0.778 bits per heavy atom. The fourth-order valence-electron chi connectivity index (χ4n) is 4.42. The maximum Gasteiger partial charge on any atom is 2.00 e. The van der Waals surface area contributed by atoms with Gasteiger partial charge in [-0.1, -0.05) is 47.3 Å². The SMILES string of the molecule is Cc1ccc(P2(=O)c3[c-]c(-c4[c-]c(Oc5ccccn5)ccc4)ccc3-c3ccccc32)nc1C.[Pt+2]. The molecule has 4 nitrogen and oxygen atoms in total. The van der Waals surface area contributed by atoms with E-state index in [9.17, 15) is 4.57 Å². The number of benzene rings is 3. The molecule has 5 aromatic rings. The van der Waals surface area contributed by atoms with Gasteiger partial charge in [0.15, 0.2) is 7.14 Å². The minimum Gasteiger partial charge on any atom is -0.460 e. The van der Waals surface area contributed by atoms with E-state index in [4.69, 9.17) is 9.72 Å². The van der Waals surface area contributed by atoms with Gasteiger partial charge in [-0.05, 0) is 37.1 Å². The van der Waals surface area contributed by atoms with Crippen molar-refractivity contribution in [1.29, 1.82) is 0 Å². The fourth-order valence-corrected chi connectivity index (χ4v) is 7.35. The Bertz CT molecular complexity index is 1640. The van der Waals surface area contributed by atoms with E-state index in [0.717, 1.165) is 38.8 Å². The predicted octanol–water partition coefficient (Wildman–Crippen LogP) is 5.77. The third-order valence-electron chi connectivity index (χ3n) is 6.34. The summed E-state index contributed by atoms with van der Waals surface area (Å²) in [5, 5.41) is 1.51. The van der Waals surface area contributed by atoms with Crippen LogP contribution in [0.25, 0.3) is 22.3 Å². The molecule has 1 atom stereocenters. The van der Waals surface area contributed by atoms with Crippen molar-refractivity contribution in [2.75, 3.05) is 0 Å². The molecule has 6 heteroatoms. The van der Waals surface area contributed by atoms with Crippen molar-refractivity contribution in [1.82, 2.24) is 9.97 Å². The van der Waals surface area contributed by atoms with E-state index in [1.165, 1.54) is 0 Å². The van der Waals surface area contributed by atoms with Gasteiger partial charge in [-0.15, -0.1) is 18.2 Å². The maximum absolute atomic E-state index is 14.9. The first kappa shape index (κ1) is 24.4. The quantitative estimate of drug-likeness (QED) is 0.177. The van der Waals surface area contributed by atoms with E-state index >= 15 is 0 Å². The summed E-state index contributed by atoms with van der Waals surface area (Å²) < 4.78 is 20.8. The molecule has 3 heterocycles. The van der Waals surface area contributed by atoms with Gasteiger partial charge in [0.1, 0.15) is 5.44 Å². The number of hydrogen-bond acceptors (Lipinski definition) is 4. The number of aryl methyl sites for hydroxylation is 2. The summed E-state index contributed by atoms with van der Waals surface area (Å²) >= 11 is 0. The number of fused-ring (bicyclic) bond motifs is 3. The van der Waals surface area contributed by atoms with Gasteiger partial charge in [-0.2, -0.15) is 24.3 Å². The molecule has 0 aliphatic carbocycles. The summed E-state index contributed by atoms with van der Waals surface area (Å²) in [7, 11) is -3.18. The van der Waals surface area contributed by atoms with Gasteiger partial charge in [-0.3, -0.25) is 0 Å². The van der Waals surface area contributed by atoms with Crippen LogP contribution in [0.3, 0.4) is 0 Å². The number of aromatic nitrogens is 2. The molecule has 0 N–H and O–H groups in total. The molecule has 178 valence electrons. The standard InChI is InChI=1S/C30H21N2O2P.Pt/c1-20-13-16-30(32-21(20)2)35(33)27-11-4-3-10-25(27)26-15-14-23(19-28(26)35)22-8-7-9-24(18-22)34-29-12-5-6-17-31-29;/h3-17H,1-2H3;/q-2;+2. The predicted molar refractivity (Wildman–Crippen MR) is 140 cm³/mol. The molecule has 0 spiro atoms. The Kier molecular flexibility index (Phi) is 6.51. The first-order valence-electron chi connectivity index (χ1n) is 11.4. The Morgan fingerprint density at radius 2 is 1.58 bits per heavy atom. The van der Waals surface area contributed by atoms with Crippen LogP contribution in [-0.4, -0.2) is 9.97 Å². The summed E-state index contributed by atoms with van der Waals surface area (Å²) in [5.74, 6) is 1.05. The molecule has 1 unspecified atom stereocenters.